The smallest absolute Gasteiger partial charge is 0.250 e. The second-order valence-corrected chi connectivity index (χ2v) is 5.01. The van der Waals surface area contributed by atoms with Gasteiger partial charge in [-0.1, -0.05) is 23.2 Å². The Bertz CT molecular complexity index is 802. The van der Waals surface area contributed by atoms with Crippen molar-refractivity contribution in [1.29, 1.82) is 0 Å². The van der Waals surface area contributed by atoms with Crippen LogP contribution < -0.4 is 0 Å². The van der Waals surface area contributed by atoms with E-state index in [1.165, 1.54) is 4.68 Å². The molecule has 2 heterocycles. The van der Waals surface area contributed by atoms with Gasteiger partial charge in [0.25, 0.3) is 0 Å². The van der Waals surface area contributed by atoms with E-state index in [1.54, 1.807) is 42.9 Å². The fourth-order valence-corrected chi connectivity index (χ4v) is 2.37. The average molecular weight is 319 g/mol. The van der Waals surface area contributed by atoms with Gasteiger partial charge in [-0.2, -0.15) is 5.10 Å². The van der Waals surface area contributed by atoms with Gasteiger partial charge in [0.2, 0.25) is 5.95 Å². The van der Waals surface area contributed by atoms with E-state index in [4.69, 9.17) is 23.2 Å². The highest BCUT2D eigenvalue weighted by Crippen LogP contribution is 2.31. The number of aromatic nitrogens is 4. The first-order valence-electron chi connectivity index (χ1n) is 5.96. The van der Waals surface area contributed by atoms with Gasteiger partial charge in [0.15, 0.2) is 6.29 Å². The summed E-state index contributed by atoms with van der Waals surface area (Å²) in [7, 11) is 0. The number of halogens is 2. The highest BCUT2D eigenvalue weighted by molar-refractivity contribution is 6.36. The third-order valence-corrected chi connectivity index (χ3v) is 3.36. The Morgan fingerprint density at radius 3 is 2.57 bits per heavy atom. The van der Waals surface area contributed by atoms with Crippen molar-refractivity contribution in [3.63, 3.8) is 0 Å². The van der Waals surface area contributed by atoms with E-state index in [-0.39, 0.29) is 0 Å². The van der Waals surface area contributed by atoms with E-state index >= 15 is 0 Å². The lowest BCUT2D eigenvalue weighted by molar-refractivity contribution is 0.112. The van der Waals surface area contributed by atoms with Crippen LogP contribution in [0.25, 0.3) is 17.2 Å². The molecule has 0 N–H and O–H groups in total. The maximum atomic E-state index is 11.3. The van der Waals surface area contributed by atoms with Crippen molar-refractivity contribution in [2.75, 3.05) is 0 Å². The minimum absolute atomic E-state index is 0.372. The van der Waals surface area contributed by atoms with Crippen LogP contribution in [0.3, 0.4) is 0 Å². The van der Waals surface area contributed by atoms with Crippen molar-refractivity contribution >= 4 is 29.5 Å². The van der Waals surface area contributed by atoms with Crippen LogP contribution in [0, 0.1) is 0 Å². The van der Waals surface area contributed by atoms with Crippen LogP contribution in [-0.2, 0) is 0 Å². The first-order chi connectivity index (χ1) is 10.2. The molecule has 0 aliphatic rings. The molecule has 104 valence electrons. The maximum absolute atomic E-state index is 11.3. The zero-order valence-electron chi connectivity index (χ0n) is 10.6. The van der Waals surface area contributed by atoms with E-state index < -0.39 is 0 Å². The van der Waals surface area contributed by atoms with Crippen LogP contribution in [-0.4, -0.2) is 26.0 Å². The number of carbonyl (C=O) groups is 1. The number of carbonyl (C=O) groups excluding carboxylic acids is 1. The Hall–Kier alpha value is -2.24. The zero-order valence-corrected chi connectivity index (χ0v) is 12.1. The summed E-state index contributed by atoms with van der Waals surface area (Å²) in [6.07, 6.45) is 5.47. The van der Waals surface area contributed by atoms with Crippen LogP contribution in [0.4, 0.5) is 0 Å². The third-order valence-electron chi connectivity index (χ3n) is 2.81. The van der Waals surface area contributed by atoms with E-state index in [1.807, 2.05) is 0 Å². The molecule has 0 radical (unpaired) electrons. The third kappa shape index (κ3) is 2.66. The van der Waals surface area contributed by atoms with E-state index in [0.29, 0.717) is 39.1 Å². The normalized spacial score (nSPS) is 10.6. The molecule has 2 aromatic heterocycles. The summed E-state index contributed by atoms with van der Waals surface area (Å²) < 4.78 is 1.43. The van der Waals surface area contributed by atoms with Gasteiger partial charge in [0.1, 0.15) is 5.69 Å². The van der Waals surface area contributed by atoms with Gasteiger partial charge < -0.3 is 0 Å². The first kappa shape index (κ1) is 13.7. The highest BCUT2D eigenvalue weighted by atomic mass is 35.5. The quantitative estimate of drug-likeness (QED) is 0.694. The summed E-state index contributed by atoms with van der Waals surface area (Å²) in [5.41, 5.74) is 1.48. The van der Waals surface area contributed by atoms with Gasteiger partial charge in [-0.25, -0.2) is 14.6 Å². The number of hydrogen-bond acceptors (Lipinski definition) is 4. The molecular weight excluding hydrogens is 311 g/mol. The summed E-state index contributed by atoms with van der Waals surface area (Å²) in [6, 6.07) is 6.71. The summed E-state index contributed by atoms with van der Waals surface area (Å²) in [5.74, 6) is 0.372. The molecule has 5 nitrogen and oxygen atoms in total. The molecule has 0 aliphatic carbocycles. The van der Waals surface area contributed by atoms with Crippen molar-refractivity contribution < 1.29 is 4.79 Å². The van der Waals surface area contributed by atoms with Crippen LogP contribution >= 0.6 is 23.2 Å². The highest BCUT2D eigenvalue weighted by Gasteiger charge is 2.15. The van der Waals surface area contributed by atoms with Gasteiger partial charge >= 0.3 is 0 Å². The summed E-state index contributed by atoms with van der Waals surface area (Å²) in [6.45, 7) is 0. The Morgan fingerprint density at radius 2 is 1.90 bits per heavy atom. The summed E-state index contributed by atoms with van der Waals surface area (Å²) in [4.78, 5) is 19.4. The lowest BCUT2D eigenvalue weighted by Crippen LogP contribution is -2.00. The molecular formula is C14H8Cl2N4O. The van der Waals surface area contributed by atoms with Gasteiger partial charge in [-0.05, 0) is 24.3 Å². The monoisotopic (exact) mass is 318 g/mol. The Balaban J connectivity index is 2.15. The number of rotatable bonds is 3. The molecule has 3 aromatic rings. The molecule has 0 spiro atoms. The van der Waals surface area contributed by atoms with Crippen molar-refractivity contribution in [3.8, 4) is 17.2 Å². The van der Waals surface area contributed by atoms with Gasteiger partial charge in [0.05, 0.1) is 10.6 Å². The molecule has 21 heavy (non-hydrogen) atoms. The molecule has 0 aliphatic heterocycles. The Morgan fingerprint density at radius 1 is 1.14 bits per heavy atom. The Kier molecular flexibility index (Phi) is 3.68. The number of hydrogen-bond donors (Lipinski definition) is 0. The number of benzene rings is 1. The zero-order chi connectivity index (χ0) is 14.8. The molecule has 0 fully saturated rings. The number of nitrogens with zero attached hydrogens (tertiary/aromatic N) is 4. The molecule has 7 heteroatoms. The molecule has 0 unspecified atom stereocenters. The second-order valence-electron chi connectivity index (χ2n) is 4.17. The van der Waals surface area contributed by atoms with Gasteiger partial charge in [0, 0.05) is 29.2 Å². The second kappa shape index (κ2) is 5.63. The lowest BCUT2D eigenvalue weighted by atomic mass is 10.1. The SMILES string of the molecule is O=Cc1cn(-c2ncccn2)nc1-c1ccc(Cl)cc1Cl. The molecule has 0 saturated heterocycles. The molecule has 1 aromatic carbocycles. The Labute approximate surface area is 130 Å². The minimum Gasteiger partial charge on any atom is -0.298 e. The predicted molar refractivity (Wildman–Crippen MR) is 80.0 cm³/mol. The van der Waals surface area contributed by atoms with Crippen molar-refractivity contribution in [1.82, 2.24) is 19.7 Å². The number of aldehydes is 1. The van der Waals surface area contributed by atoms with Gasteiger partial charge in [-0.3, -0.25) is 4.79 Å². The summed E-state index contributed by atoms with van der Waals surface area (Å²) >= 11 is 12.0. The average Bonchev–Trinajstić information content (AvgIpc) is 2.92. The van der Waals surface area contributed by atoms with Crippen LogP contribution in [0.5, 0.6) is 0 Å². The van der Waals surface area contributed by atoms with Crippen molar-refractivity contribution in [2.24, 2.45) is 0 Å². The van der Waals surface area contributed by atoms with Crippen LogP contribution in [0.15, 0.2) is 42.9 Å². The fraction of sp³-hybridized carbons (Fsp3) is 0. The molecule has 3 rings (SSSR count). The van der Waals surface area contributed by atoms with Crippen molar-refractivity contribution in [2.45, 2.75) is 0 Å². The van der Waals surface area contributed by atoms with E-state index in [0.717, 1.165) is 0 Å². The molecule has 0 atom stereocenters. The largest absolute Gasteiger partial charge is 0.298 e. The lowest BCUT2D eigenvalue weighted by Gasteiger charge is -2.02. The first-order valence-corrected chi connectivity index (χ1v) is 6.72. The standard InChI is InChI=1S/C14H8Cl2N4O/c15-10-2-3-11(12(16)6-10)13-9(8-21)7-20(19-13)14-17-4-1-5-18-14/h1-8H. The van der Waals surface area contributed by atoms with Crippen molar-refractivity contribution in [3.05, 3.63) is 58.5 Å². The van der Waals surface area contributed by atoms with E-state index in [9.17, 15) is 4.79 Å². The van der Waals surface area contributed by atoms with E-state index in [2.05, 4.69) is 15.1 Å². The minimum atomic E-state index is 0.372. The predicted octanol–water partition coefficient (Wildman–Crippen LogP) is 3.45. The maximum Gasteiger partial charge on any atom is 0.250 e. The topological polar surface area (TPSA) is 60.7 Å². The summed E-state index contributed by atoms with van der Waals surface area (Å²) in [5, 5.41) is 5.28. The van der Waals surface area contributed by atoms with Gasteiger partial charge in [-0.15, -0.1) is 0 Å². The fourth-order valence-electron chi connectivity index (χ4n) is 1.88. The van der Waals surface area contributed by atoms with Crippen LogP contribution in [0.2, 0.25) is 10.0 Å². The molecule has 0 saturated carbocycles. The molecule has 0 amide bonds. The molecule has 0 bridgehead atoms. The van der Waals surface area contributed by atoms with Crippen LogP contribution in [0.1, 0.15) is 10.4 Å².